The average molecular weight is 279 g/mol. The summed E-state index contributed by atoms with van der Waals surface area (Å²) in [4.78, 5) is 4.45. The zero-order chi connectivity index (χ0) is 14.2. The van der Waals surface area contributed by atoms with Crippen molar-refractivity contribution in [1.82, 2.24) is 4.98 Å². The zero-order valence-corrected chi connectivity index (χ0v) is 10.9. The number of benzene rings is 2. The molecule has 3 nitrogen and oxygen atoms in total. The smallest absolute Gasteiger partial charge is 0.227 e. The summed E-state index contributed by atoms with van der Waals surface area (Å²) in [5, 5.41) is 0. The molecule has 0 saturated carbocycles. The van der Waals surface area contributed by atoms with Crippen molar-refractivity contribution in [2.24, 2.45) is 0 Å². The first-order valence-electron chi connectivity index (χ1n) is 6.50. The number of hydrogen-bond donors (Lipinski definition) is 0. The van der Waals surface area contributed by atoms with Gasteiger partial charge in [-0.1, -0.05) is 0 Å². The van der Waals surface area contributed by atoms with Gasteiger partial charge in [0.2, 0.25) is 5.89 Å². The maximum absolute atomic E-state index is 13.0. The van der Waals surface area contributed by atoms with Crippen molar-refractivity contribution in [3.63, 3.8) is 0 Å². The Bertz CT molecular complexity index is 892. The first-order valence-corrected chi connectivity index (χ1v) is 6.50. The second kappa shape index (κ2) is 4.59. The Morgan fingerprint density at radius 3 is 2.48 bits per heavy atom. The molecule has 4 rings (SSSR count). The molecule has 0 saturated heterocycles. The predicted molar refractivity (Wildman–Crippen MR) is 77.1 cm³/mol. The minimum absolute atomic E-state index is 0.282. The highest BCUT2D eigenvalue weighted by Crippen LogP contribution is 2.28. The molecule has 0 N–H and O–H groups in total. The van der Waals surface area contributed by atoms with E-state index in [0.29, 0.717) is 11.5 Å². The highest BCUT2D eigenvalue weighted by atomic mass is 19.1. The monoisotopic (exact) mass is 279 g/mol. The highest BCUT2D eigenvalue weighted by molar-refractivity contribution is 5.81. The van der Waals surface area contributed by atoms with E-state index in [9.17, 15) is 4.39 Å². The van der Waals surface area contributed by atoms with Gasteiger partial charge in [-0.05, 0) is 54.6 Å². The number of hydrogen-bond acceptors (Lipinski definition) is 3. The lowest BCUT2D eigenvalue weighted by Crippen LogP contribution is -1.78. The van der Waals surface area contributed by atoms with E-state index in [0.717, 1.165) is 22.4 Å². The molecule has 0 fully saturated rings. The SMILES string of the molecule is Fc1ccc(-c2nc3cc(-c4ccco4)ccc3o2)cc1. The maximum atomic E-state index is 13.0. The van der Waals surface area contributed by atoms with Crippen molar-refractivity contribution < 1.29 is 13.2 Å². The van der Waals surface area contributed by atoms with Crippen LogP contribution in [0.5, 0.6) is 0 Å². The molecule has 4 aromatic rings. The van der Waals surface area contributed by atoms with E-state index in [1.54, 1.807) is 18.4 Å². The van der Waals surface area contributed by atoms with Gasteiger partial charge in [0.25, 0.3) is 0 Å². The van der Waals surface area contributed by atoms with Gasteiger partial charge in [0, 0.05) is 11.1 Å². The van der Waals surface area contributed by atoms with Crippen LogP contribution in [0.4, 0.5) is 4.39 Å². The summed E-state index contributed by atoms with van der Waals surface area (Å²) in [5.74, 6) is 0.972. The number of fused-ring (bicyclic) bond motifs is 1. The Morgan fingerprint density at radius 2 is 1.71 bits per heavy atom. The van der Waals surface area contributed by atoms with Crippen molar-refractivity contribution in [3.05, 3.63) is 66.7 Å². The maximum Gasteiger partial charge on any atom is 0.227 e. The average Bonchev–Trinajstić information content (AvgIpc) is 3.16. The van der Waals surface area contributed by atoms with Crippen LogP contribution in [0.2, 0.25) is 0 Å². The summed E-state index contributed by atoms with van der Waals surface area (Å²) in [6.07, 6.45) is 1.63. The van der Waals surface area contributed by atoms with Crippen LogP contribution in [0.25, 0.3) is 33.9 Å². The molecule has 0 radical (unpaired) electrons. The van der Waals surface area contributed by atoms with E-state index in [2.05, 4.69) is 4.98 Å². The fourth-order valence-corrected chi connectivity index (χ4v) is 2.24. The van der Waals surface area contributed by atoms with Crippen molar-refractivity contribution in [3.8, 4) is 22.8 Å². The normalized spacial score (nSPS) is 11.1. The number of halogens is 1. The first-order chi connectivity index (χ1) is 10.3. The largest absolute Gasteiger partial charge is 0.464 e. The van der Waals surface area contributed by atoms with Crippen molar-refractivity contribution in [2.75, 3.05) is 0 Å². The predicted octanol–water partition coefficient (Wildman–Crippen LogP) is 4.89. The van der Waals surface area contributed by atoms with E-state index >= 15 is 0 Å². The van der Waals surface area contributed by atoms with Crippen LogP contribution < -0.4 is 0 Å². The Balaban J connectivity index is 1.81. The van der Waals surface area contributed by atoms with Gasteiger partial charge >= 0.3 is 0 Å². The first kappa shape index (κ1) is 11.9. The molecule has 0 amide bonds. The quantitative estimate of drug-likeness (QED) is 0.524. The minimum atomic E-state index is -0.282. The van der Waals surface area contributed by atoms with Crippen LogP contribution in [-0.4, -0.2) is 4.98 Å². The van der Waals surface area contributed by atoms with Crippen LogP contribution >= 0.6 is 0 Å². The molecule has 0 aliphatic rings. The molecular formula is C17H10FNO2. The topological polar surface area (TPSA) is 39.2 Å². The van der Waals surface area contributed by atoms with Crippen LogP contribution in [0, 0.1) is 5.82 Å². The Morgan fingerprint density at radius 1 is 0.905 bits per heavy atom. The van der Waals surface area contributed by atoms with Gasteiger partial charge in [0.15, 0.2) is 5.58 Å². The van der Waals surface area contributed by atoms with Crippen LogP contribution in [0.3, 0.4) is 0 Å². The lowest BCUT2D eigenvalue weighted by Gasteiger charge is -1.94. The lowest BCUT2D eigenvalue weighted by atomic mass is 10.1. The molecule has 4 heteroatoms. The highest BCUT2D eigenvalue weighted by Gasteiger charge is 2.10. The van der Waals surface area contributed by atoms with Crippen LogP contribution in [0.1, 0.15) is 0 Å². The molecule has 0 unspecified atom stereocenters. The Labute approximate surface area is 119 Å². The van der Waals surface area contributed by atoms with Gasteiger partial charge in [-0.15, -0.1) is 0 Å². The van der Waals surface area contributed by atoms with Gasteiger partial charge < -0.3 is 8.83 Å². The third kappa shape index (κ3) is 2.10. The number of oxazole rings is 1. The molecular weight excluding hydrogens is 269 g/mol. The van der Waals surface area contributed by atoms with Gasteiger partial charge in [0.1, 0.15) is 17.1 Å². The molecule has 0 aliphatic carbocycles. The number of furan rings is 1. The zero-order valence-electron chi connectivity index (χ0n) is 10.9. The van der Waals surface area contributed by atoms with Gasteiger partial charge in [0.05, 0.1) is 6.26 Å². The molecule has 2 heterocycles. The minimum Gasteiger partial charge on any atom is -0.464 e. The summed E-state index contributed by atoms with van der Waals surface area (Å²) in [7, 11) is 0. The van der Waals surface area contributed by atoms with Crippen molar-refractivity contribution in [1.29, 1.82) is 0 Å². The summed E-state index contributed by atoms with van der Waals surface area (Å²) in [6.45, 7) is 0. The van der Waals surface area contributed by atoms with Crippen molar-refractivity contribution in [2.45, 2.75) is 0 Å². The number of nitrogens with zero attached hydrogens (tertiary/aromatic N) is 1. The van der Waals surface area contributed by atoms with Gasteiger partial charge in [-0.3, -0.25) is 0 Å². The van der Waals surface area contributed by atoms with E-state index in [1.165, 1.54) is 12.1 Å². The third-order valence-electron chi connectivity index (χ3n) is 3.28. The molecule has 102 valence electrons. The second-order valence-electron chi connectivity index (χ2n) is 4.69. The van der Waals surface area contributed by atoms with E-state index in [-0.39, 0.29) is 5.82 Å². The molecule has 0 aliphatic heterocycles. The van der Waals surface area contributed by atoms with E-state index < -0.39 is 0 Å². The Hall–Kier alpha value is -2.88. The standard InChI is InChI=1S/C17H10FNO2/c18-13-6-3-11(4-7-13)17-19-14-10-12(5-8-16(14)21-17)15-2-1-9-20-15/h1-10H. The van der Waals surface area contributed by atoms with Gasteiger partial charge in [-0.2, -0.15) is 0 Å². The number of aromatic nitrogens is 1. The summed E-state index contributed by atoms with van der Waals surface area (Å²) in [5.41, 5.74) is 3.10. The van der Waals surface area contributed by atoms with Gasteiger partial charge in [-0.25, -0.2) is 9.37 Å². The molecule has 0 atom stereocenters. The number of rotatable bonds is 2. The van der Waals surface area contributed by atoms with Crippen LogP contribution in [0.15, 0.2) is 69.7 Å². The molecule has 2 aromatic heterocycles. The molecule has 2 aromatic carbocycles. The molecule has 21 heavy (non-hydrogen) atoms. The molecule has 0 spiro atoms. The fraction of sp³-hybridized carbons (Fsp3) is 0. The summed E-state index contributed by atoms with van der Waals surface area (Å²) in [6, 6.07) is 15.5. The summed E-state index contributed by atoms with van der Waals surface area (Å²) < 4.78 is 24.0. The van der Waals surface area contributed by atoms with Crippen molar-refractivity contribution >= 4 is 11.1 Å². The van der Waals surface area contributed by atoms with E-state index in [1.807, 2.05) is 30.3 Å². The molecule has 0 bridgehead atoms. The lowest BCUT2D eigenvalue weighted by molar-refractivity contribution is 0.582. The second-order valence-corrected chi connectivity index (χ2v) is 4.69. The summed E-state index contributed by atoms with van der Waals surface area (Å²) >= 11 is 0. The fourth-order valence-electron chi connectivity index (χ4n) is 2.24. The van der Waals surface area contributed by atoms with E-state index in [4.69, 9.17) is 8.83 Å². The third-order valence-corrected chi connectivity index (χ3v) is 3.28. The van der Waals surface area contributed by atoms with Crippen LogP contribution in [-0.2, 0) is 0 Å². The Kier molecular flexibility index (Phi) is 2.60.